The van der Waals surface area contributed by atoms with Gasteiger partial charge in [-0.15, -0.1) is 0 Å². The van der Waals surface area contributed by atoms with Crippen LogP contribution in [0.15, 0.2) is 48.5 Å². The molecule has 1 saturated heterocycles. The van der Waals surface area contributed by atoms with Gasteiger partial charge in [-0.25, -0.2) is 0 Å². The number of aryl methyl sites for hydroxylation is 2. The number of hydrogen-bond donors (Lipinski definition) is 2. The van der Waals surface area contributed by atoms with Crippen molar-refractivity contribution in [2.24, 2.45) is 0 Å². The maximum atomic E-state index is 12.7. The summed E-state index contributed by atoms with van der Waals surface area (Å²) in [4.78, 5) is 21.1. The van der Waals surface area contributed by atoms with Gasteiger partial charge in [0.25, 0.3) is 5.91 Å². The van der Waals surface area contributed by atoms with E-state index in [1.54, 1.807) is 0 Å². The Morgan fingerprint density at radius 1 is 1.03 bits per heavy atom. The quantitative estimate of drug-likeness (QED) is 0.313. The molecule has 4 rings (SSSR count). The molecule has 1 fully saturated rings. The van der Waals surface area contributed by atoms with Crippen molar-refractivity contribution in [2.75, 3.05) is 44.2 Å². The molecular formula is C27H33IN4O. The number of hydrogen-bond acceptors (Lipinski definition) is 3. The highest BCUT2D eigenvalue weighted by Crippen LogP contribution is 2.24. The number of aromatic amines is 1. The minimum absolute atomic E-state index is 0.000235. The summed E-state index contributed by atoms with van der Waals surface area (Å²) >= 11 is 2.30. The number of carbonyl (C=O) groups is 1. The molecule has 0 bridgehead atoms. The highest BCUT2D eigenvalue weighted by molar-refractivity contribution is 14.1. The fourth-order valence-corrected chi connectivity index (χ4v) is 4.83. The average Bonchev–Trinajstić information content (AvgIpc) is 3.21. The number of rotatable bonds is 7. The van der Waals surface area contributed by atoms with Crippen LogP contribution >= 0.6 is 22.6 Å². The van der Waals surface area contributed by atoms with E-state index in [0.29, 0.717) is 6.54 Å². The molecule has 6 heteroatoms. The monoisotopic (exact) mass is 556 g/mol. The van der Waals surface area contributed by atoms with Gasteiger partial charge in [-0.3, -0.25) is 9.69 Å². The molecule has 0 radical (unpaired) electrons. The van der Waals surface area contributed by atoms with Gasteiger partial charge < -0.3 is 15.2 Å². The molecule has 0 unspecified atom stereocenters. The maximum absolute atomic E-state index is 12.7. The molecule has 33 heavy (non-hydrogen) atoms. The summed E-state index contributed by atoms with van der Waals surface area (Å²) in [7, 11) is 0. The van der Waals surface area contributed by atoms with Crippen molar-refractivity contribution >= 4 is 34.2 Å². The number of benzene rings is 2. The topological polar surface area (TPSA) is 51.4 Å². The van der Waals surface area contributed by atoms with Crippen molar-refractivity contribution in [3.63, 3.8) is 0 Å². The van der Waals surface area contributed by atoms with E-state index in [4.69, 9.17) is 0 Å². The minimum atomic E-state index is 0.000235. The van der Waals surface area contributed by atoms with E-state index < -0.39 is 0 Å². The number of piperazine rings is 1. The smallest absolute Gasteiger partial charge is 0.253 e. The van der Waals surface area contributed by atoms with E-state index >= 15 is 0 Å². The van der Waals surface area contributed by atoms with Crippen molar-refractivity contribution in [1.82, 2.24) is 15.2 Å². The molecule has 1 amide bonds. The van der Waals surface area contributed by atoms with E-state index in [1.165, 1.54) is 20.4 Å². The first-order valence-electron chi connectivity index (χ1n) is 11.7. The first-order chi connectivity index (χ1) is 15.9. The maximum Gasteiger partial charge on any atom is 0.253 e. The number of nitrogens with one attached hydrogen (secondary N) is 2. The Hall–Kier alpha value is -2.32. The highest BCUT2D eigenvalue weighted by atomic mass is 127. The fraction of sp³-hybridized carbons (Fsp3) is 0.370. The number of amides is 1. The molecule has 0 aliphatic carbocycles. The standard InChI is InChI=1S/C27H33IN4O/c1-19-6-4-7-26(20(19)2)32-16-14-31(15-17-32)13-5-12-29-27(33)24-18-25(30-21(24)3)22-8-10-23(28)11-9-22/h4,6-11,18,30H,5,12-17H2,1-3H3,(H,29,33). The van der Waals surface area contributed by atoms with Gasteiger partial charge in [0.2, 0.25) is 0 Å². The van der Waals surface area contributed by atoms with Crippen molar-refractivity contribution in [3.05, 3.63) is 74.5 Å². The van der Waals surface area contributed by atoms with E-state index in [2.05, 4.69) is 99.0 Å². The second kappa shape index (κ2) is 10.7. The van der Waals surface area contributed by atoms with Gasteiger partial charge in [0, 0.05) is 53.4 Å². The lowest BCUT2D eigenvalue weighted by Crippen LogP contribution is -2.47. The van der Waals surface area contributed by atoms with Crippen LogP contribution < -0.4 is 10.2 Å². The van der Waals surface area contributed by atoms with Crippen molar-refractivity contribution in [1.29, 1.82) is 0 Å². The Morgan fingerprint density at radius 3 is 2.48 bits per heavy atom. The van der Waals surface area contributed by atoms with Crippen molar-refractivity contribution in [3.8, 4) is 11.3 Å². The zero-order valence-corrected chi connectivity index (χ0v) is 21.9. The molecule has 2 aromatic carbocycles. The van der Waals surface area contributed by atoms with Gasteiger partial charge in [-0.2, -0.15) is 0 Å². The van der Waals surface area contributed by atoms with Gasteiger partial charge in [0.1, 0.15) is 0 Å². The number of aromatic nitrogens is 1. The number of halogens is 1. The molecule has 0 spiro atoms. The van der Waals surface area contributed by atoms with Gasteiger partial charge in [-0.05, 0) is 97.3 Å². The van der Waals surface area contributed by atoms with Gasteiger partial charge in [0.05, 0.1) is 5.56 Å². The molecule has 1 aliphatic heterocycles. The SMILES string of the molecule is Cc1cccc(N2CCN(CCCNC(=O)c3cc(-c4ccc(I)cc4)[nH]c3C)CC2)c1C. The molecule has 2 N–H and O–H groups in total. The van der Waals surface area contributed by atoms with Crippen LogP contribution in [-0.2, 0) is 0 Å². The lowest BCUT2D eigenvalue weighted by Gasteiger charge is -2.37. The van der Waals surface area contributed by atoms with Crippen LogP contribution in [0, 0.1) is 24.3 Å². The second-order valence-corrected chi connectivity index (χ2v) is 10.1. The molecule has 1 aliphatic rings. The molecule has 2 heterocycles. The Labute approximate surface area is 210 Å². The summed E-state index contributed by atoms with van der Waals surface area (Å²) in [6.45, 7) is 12.3. The Morgan fingerprint density at radius 2 is 1.76 bits per heavy atom. The van der Waals surface area contributed by atoms with E-state index in [9.17, 15) is 4.79 Å². The lowest BCUT2D eigenvalue weighted by molar-refractivity contribution is 0.0951. The summed E-state index contributed by atoms with van der Waals surface area (Å²) < 4.78 is 1.20. The number of anilines is 1. The molecule has 5 nitrogen and oxygen atoms in total. The number of carbonyl (C=O) groups excluding carboxylic acids is 1. The van der Waals surface area contributed by atoms with Gasteiger partial charge in [-0.1, -0.05) is 24.3 Å². The van der Waals surface area contributed by atoms with E-state index in [-0.39, 0.29) is 5.91 Å². The summed E-state index contributed by atoms with van der Waals surface area (Å²) in [6, 6.07) is 16.8. The first-order valence-corrected chi connectivity index (χ1v) is 12.8. The van der Waals surface area contributed by atoms with Crippen LogP contribution in [0.25, 0.3) is 11.3 Å². The largest absolute Gasteiger partial charge is 0.369 e. The zero-order chi connectivity index (χ0) is 23.4. The molecule has 174 valence electrons. The third-order valence-electron chi connectivity index (χ3n) is 6.64. The number of H-pyrrole nitrogens is 1. The third-order valence-corrected chi connectivity index (χ3v) is 7.36. The third kappa shape index (κ3) is 5.79. The van der Waals surface area contributed by atoms with Crippen LogP contribution in [0.4, 0.5) is 5.69 Å². The molecule has 0 atom stereocenters. The zero-order valence-electron chi connectivity index (χ0n) is 19.7. The summed E-state index contributed by atoms with van der Waals surface area (Å²) in [5.74, 6) is 0.000235. The van der Waals surface area contributed by atoms with Crippen LogP contribution in [0.2, 0.25) is 0 Å². The van der Waals surface area contributed by atoms with Crippen LogP contribution in [0.3, 0.4) is 0 Å². The van der Waals surface area contributed by atoms with Gasteiger partial charge >= 0.3 is 0 Å². The fourth-order valence-electron chi connectivity index (χ4n) is 4.47. The van der Waals surface area contributed by atoms with E-state index in [1.807, 2.05) is 13.0 Å². The lowest BCUT2D eigenvalue weighted by atomic mass is 10.1. The summed E-state index contributed by atoms with van der Waals surface area (Å²) in [6.07, 6.45) is 0.961. The predicted molar refractivity (Wildman–Crippen MR) is 145 cm³/mol. The molecule has 3 aromatic rings. The second-order valence-electron chi connectivity index (χ2n) is 8.89. The van der Waals surface area contributed by atoms with E-state index in [0.717, 1.165) is 61.7 Å². The normalized spacial score (nSPS) is 14.5. The molecular weight excluding hydrogens is 523 g/mol. The number of nitrogens with zero attached hydrogens (tertiary/aromatic N) is 2. The highest BCUT2D eigenvalue weighted by Gasteiger charge is 2.19. The van der Waals surface area contributed by atoms with Crippen molar-refractivity contribution in [2.45, 2.75) is 27.2 Å². The summed E-state index contributed by atoms with van der Waals surface area (Å²) in [5, 5.41) is 3.10. The van der Waals surface area contributed by atoms with Gasteiger partial charge in [0.15, 0.2) is 0 Å². The minimum Gasteiger partial charge on any atom is -0.369 e. The van der Waals surface area contributed by atoms with Crippen LogP contribution in [-0.4, -0.2) is 55.1 Å². The predicted octanol–water partition coefficient (Wildman–Crippen LogP) is 5.15. The Bertz CT molecular complexity index is 1100. The van der Waals surface area contributed by atoms with Crippen LogP contribution in [0.1, 0.15) is 33.6 Å². The molecule has 1 aromatic heterocycles. The molecule has 0 saturated carbocycles. The summed E-state index contributed by atoms with van der Waals surface area (Å²) in [5.41, 5.74) is 7.82. The van der Waals surface area contributed by atoms with Crippen LogP contribution in [0.5, 0.6) is 0 Å². The Kier molecular flexibility index (Phi) is 7.75. The van der Waals surface area contributed by atoms with Crippen molar-refractivity contribution < 1.29 is 4.79 Å². The first kappa shape index (κ1) is 23.8. The Balaban J connectivity index is 1.22. The average molecular weight is 556 g/mol.